The predicted molar refractivity (Wildman–Crippen MR) is 79.0 cm³/mol. The van der Waals surface area contributed by atoms with Crippen LogP contribution in [0.2, 0.25) is 0 Å². The third-order valence-electron chi connectivity index (χ3n) is 3.19. The van der Waals surface area contributed by atoms with Gasteiger partial charge in [-0.05, 0) is 42.8 Å². The summed E-state index contributed by atoms with van der Waals surface area (Å²) >= 11 is 0. The Labute approximate surface area is 129 Å². The van der Waals surface area contributed by atoms with Crippen LogP contribution in [0, 0.1) is 12.7 Å². The van der Waals surface area contributed by atoms with Crippen LogP contribution in [0.5, 0.6) is 0 Å². The molecule has 0 aliphatic rings. The van der Waals surface area contributed by atoms with Gasteiger partial charge in [-0.3, -0.25) is 0 Å². The van der Waals surface area contributed by atoms with Crippen LogP contribution >= 0.6 is 0 Å². The van der Waals surface area contributed by atoms with Gasteiger partial charge in [-0.1, -0.05) is 12.1 Å². The summed E-state index contributed by atoms with van der Waals surface area (Å²) < 4.78 is 52.3. The van der Waals surface area contributed by atoms with Crippen molar-refractivity contribution in [3.05, 3.63) is 59.7 Å². The van der Waals surface area contributed by atoms with Crippen molar-refractivity contribution in [3.8, 4) is 0 Å². The van der Waals surface area contributed by atoms with Crippen molar-refractivity contribution < 1.29 is 17.6 Å². The molecule has 3 aromatic rings. The summed E-state index contributed by atoms with van der Waals surface area (Å²) in [5, 5.41) is 2.99. The fraction of sp³-hybridized carbons (Fsp3) is 0.125. The van der Waals surface area contributed by atoms with Gasteiger partial charge in [0.15, 0.2) is 0 Å². The number of anilines is 2. The van der Waals surface area contributed by atoms with E-state index < -0.39 is 17.8 Å². The van der Waals surface area contributed by atoms with Gasteiger partial charge in [-0.25, -0.2) is 14.4 Å². The third kappa shape index (κ3) is 3.23. The second kappa shape index (κ2) is 5.49. The fourth-order valence-corrected chi connectivity index (χ4v) is 2.18. The van der Waals surface area contributed by atoms with Crippen LogP contribution in [0.3, 0.4) is 0 Å². The van der Waals surface area contributed by atoms with E-state index in [4.69, 9.17) is 0 Å². The van der Waals surface area contributed by atoms with Crippen molar-refractivity contribution in [1.82, 2.24) is 9.97 Å². The molecule has 1 N–H and O–H groups in total. The second-order valence-corrected chi connectivity index (χ2v) is 5.05. The molecule has 2 aromatic carbocycles. The Morgan fingerprint density at radius 1 is 1.00 bits per heavy atom. The minimum atomic E-state index is -4.69. The first-order chi connectivity index (χ1) is 10.8. The number of aryl methyl sites for hydroxylation is 1. The number of benzene rings is 2. The van der Waals surface area contributed by atoms with Gasteiger partial charge < -0.3 is 5.32 Å². The average molecular weight is 321 g/mol. The lowest BCUT2D eigenvalue weighted by molar-refractivity contribution is -0.144. The molecule has 0 aliphatic heterocycles. The highest BCUT2D eigenvalue weighted by Gasteiger charge is 2.35. The molecule has 0 bridgehead atoms. The standard InChI is InChI=1S/C16H11F4N3/c1-9-3-2-4-11(7-9)21-14-12-8-10(17)5-6-13(12)22-15(23-14)16(18,19)20/h2-8H,1H3,(H,21,22,23). The van der Waals surface area contributed by atoms with Gasteiger partial charge in [0.05, 0.1) is 5.52 Å². The topological polar surface area (TPSA) is 37.8 Å². The predicted octanol–water partition coefficient (Wildman–Crippen LogP) is 4.84. The summed E-state index contributed by atoms with van der Waals surface area (Å²) in [6.45, 7) is 1.85. The number of alkyl halides is 3. The molecular formula is C16H11F4N3. The summed E-state index contributed by atoms with van der Waals surface area (Å²) in [5.41, 5.74) is 1.50. The number of nitrogens with one attached hydrogen (secondary N) is 1. The first-order valence-corrected chi connectivity index (χ1v) is 6.71. The lowest BCUT2D eigenvalue weighted by atomic mass is 10.2. The summed E-state index contributed by atoms with van der Waals surface area (Å²) in [6, 6.07) is 10.4. The molecular weight excluding hydrogens is 310 g/mol. The van der Waals surface area contributed by atoms with Crippen molar-refractivity contribution in [3.63, 3.8) is 0 Å². The molecule has 23 heavy (non-hydrogen) atoms. The molecule has 7 heteroatoms. The van der Waals surface area contributed by atoms with Crippen LogP contribution in [-0.2, 0) is 6.18 Å². The van der Waals surface area contributed by atoms with Gasteiger partial charge in [-0.2, -0.15) is 13.2 Å². The maximum absolute atomic E-state index is 13.4. The Morgan fingerprint density at radius 3 is 2.48 bits per heavy atom. The largest absolute Gasteiger partial charge is 0.451 e. The summed E-state index contributed by atoms with van der Waals surface area (Å²) in [4.78, 5) is 6.99. The second-order valence-electron chi connectivity index (χ2n) is 5.05. The Hall–Kier alpha value is -2.70. The summed E-state index contributed by atoms with van der Waals surface area (Å²) in [7, 11) is 0. The van der Waals surface area contributed by atoms with E-state index in [1.165, 1.54) is 6.07 Å². The Kier molecular flexibility index (Phi) is 3.63. The van der Waals surface area contributed by atoms with Gasteiger partial charge in [0.2, 0.25) is 5.82 Å². The molecule has 0 amide bonds. The molecule has 0 saturated carbocycles. The van der Waals surface area contributed by atoms with Crippen molar-refractivity contribution in [2.75, 3.05) is 5.32 Å². The van der Waals surface area contributed by atoms with E-state index in [1.807, 2.05) is 13.0 Å². The first kappa shape index (κ1) is 15.2. The van der Waals surface area contributed by atoms with Crippen molar-refractivity contribution in [1.29, 1.82) is 0 Å². The zero-order valence-electron chi connectivity index (χ0n) is 11.9. The molecule has 0 spiro atoms. The van der Waals surface area contributed by atoms with Crippen LogP contribution in [0.4, 0.5) is 29.1 Å². The van der Waals surface area contributed by atoms with E-state index in [1.54, 1.807) is 18.2 Å². The first-order valence-electron chi connectivity index (χ1n) is 6.71. The molecule has 0 atom stereocenters. The van der Waals surface area contributed by atoms with Gasteiger partial charge in [-0.15, -0.1) is 0 Å². The number of nitrogens with zero attached hydrogens (tertiary/aromatic N) is 2. The number of rotatable bonds is 2. The van der Waals surface area contributed by atoms with Gasteiger partial charge >= 0.3 is 6.18 Å². The van der Waals surface area contributed by atoms with E-state index in [0.717, 1.165) is 17.7 Å². The number of hydrogen-bond donors (Lipinski definition) is 1. The SMILES string of the molecule is Cc1cccc(Nc2nc(C(F)(F)F)nc3ccc(F)cc23)c1. The molecule has 3 rings (SSSR count). The van der Waals surface area contributed by atoms with Gasteiger partial charge in [0, 0.05) is 11.1 Å². The number of halogens is 4. The molecule has 118 valence electrons. The molecule has 0 unspecified atom stereocenters. The van der Waals surface area contributed by atoms with E-state index in [-0.39, 0.29) is 16.7 Å². The molecule has 1 aromatic heterocycles. The number of aromatic nitrogens is 2. The lowest BCUT2D eigenvalue weighted by Gasteiger charge is -2.12. The van der Waals surface area contributed by atoms with Gasteiger partial charge in [0.1, 0.15) is 11.6 Å². The van der Waals surface area contributed by atoms with Crippen LogP contribution < -0.4 is 5.32 Å². The fourth-order valence-electron chi connectivity index (χ4n) is 2.18. The third-order valence-corrected chi connectivity index (χ3v) is 3.19. The summed E-state index contributed by atoms with van der Waals surface area (Å²) in [5.74, 6) is -1.94. The smallest absolute Gasteiger partial charge is 0.340 e. The van der Waals surface area contributed by atoms with Gasteiger partial charge in [0.25, 0.3) is 0 Å². The van der Waals surface area contributed by atoms with E-state index in [2.05, 4.69) is 15.3 Å². The highest BCUT2D eigenvalue weighted by atomic mass is 19.4. The monoisotopic (exact) mass is 321 g/mol. The Balaban J connectivity index is 2.18. The minimum Gasteiger partial charge on any atom is -0.340 e. The van der Waals surface area contributed by atoms with Crippen LogP contribution in [0.15, 0.2) is 42.5 Å². The van der Waals surface area contributed by atoms with Crippen LogP contribution in [-0.4, -0.2) is 9.97 Å². The number of hydrogen-bond acceptors (Lipinski definition) is 3. The number of fused-ring (bicyclic) bond motifs is 1. The molecule has 3 nitrogen and oxygen atoms in total. The van der Waals surface area contributed by atoms with E-state index in [9.17, 15) is 17.6 Å². The molecule has 1 heterocycles. The Bertz CT molecular complexity index is 875. The molecule has 0 radical (unpaired) electrons. The summed E-state index contributed by atoms with van der Waals surface area (Å²) in [6.07, 6.45) is -4.69. The minimum absolute atomic E-state index is 0.0175. The highest BCUT2D eigenvalue weighted by molar-refractivity contribution is 5.90. The van der Waals surface area contributed by atoms with Crippen LogP contribution in [0.1, 0.15) is 11.4 Å². The molecule has 0 aliphatic carbocycles. The zero-order chi connectivity index (χ0) is 16.6. The van der Waals surface area contributed by atoms with Crippen LogP contribution in [0.25, 0.3) is 10.9 Å². The van der Waals surface area contributed by atoms with Crippen molar-refractivity contribution in [2.24, 2.45) is 0 Å². The van der Waals surface area contributed by atoms with Crippen molar-refractivity contribution >= 4 is 22.4 Å². The average Bonchev–Trinajstić information content (AvgIpc) is 2.46. The normalized spacial score (nSPS) is 11.7. The Morgan fingerprint density at radius 2 is 1.78 bits per heavy atom. The highest BCUT2D eigenvalue weighted by Crippen LogP contribution is 2.31. The molecule has 0 saturated heterocycles. The van der Waals surface area contributed by atoms with Crippen molar-refractivity contribution in [2.45, 2.75) is 13.1 Å². The molecule has 0 fully saturated rings. The maximum atomic E-state index is 13.4. The maximum Gasteiger partial charge on any atom is 0.451 e. The quantitative estimate of drug-likeness (QED) is 0.686. The van der Waals surface area contributed by atoms with E-state index in [0.29, 0.717) is 5.69 Å². The lowest BCUT2D eigenvalue weighted by Crippen LogP contribution is -2.12. The zero-order valence-corrected chi connectivity index (χ0v) is 11.9. The van der Waals surface area contributed by atoms with E-state index >= 15 is 0 Å².